The summed E-state index contributed by atoms with van der Waals surface area (Å²) < 4.78 is 32.9. The molecule has 1 fully saturated rings. The van der Waals surface area contributed by atoms with Crippen LogP contribution in [0.4, 0.5) is 14.5 Å². The summed E-state index contributed by atoms with van der Waals surface area (Å²) in [6.45, 7) is 3.14. The topological polar surface area (TPSA) is 44.8 Å². The summed E-state index contributed by atoms with van der Waals surface area (Å²) in [5.41, 5.74) is 3.73. The SMILES string of the molecule is COc1ccc2c(c1)N1CCN(Cc3ccc(F)cc3)CC1C(C(=O)NCc1ccccc1F)C2. The van der Waals surface area contributed by atoms with Gasteiger partial charge in [0.1, 0.15) is 17.4 Å². The fraction of sp³-hybridized carbons (Fsp3) is 0.321. The third-order valence-corrected chi connectivity index (χ3v) is 7.08. The highest BCUT2D eigenvalue weighted by Crippen LogP contribution is 2.38. The molecule has 5 rings (SSSR count). The van der Waals surface area contributed by atoms with Crippen LogP contribution in [0.5, 0.6) is 5.75 Å². The van der Waals surface area contributed by atoms with Gasteiger partial charge in [0.2, 0.25) is 5.91 Å². The quantitative estimate of drug-likeness (QED) is 0.579. The molecule has 0 radical (unpaired) electrons. The van der Waals surface area contributed by atoms with Crippen molar-refractivity contribution in [1.29, 1.82) is 0 Å². The predicted molar refractivity (Wildman–Crippen MR) is 131 cm³/mol. The largest absolute Gasteiger partial charge is 0.497 e. The van der Waals surface area contributed by atoms with Gasteiger partial charge in [0, 0.05) is 50.0 Å². The molecule has 2 aliphatic rings. The first-order chi connectivity index (χ1) is 17.0. The summed E-state index contributed by atoms with van der Waals surface area (Å²) in [5.74, 6) is -0.132. The van der Waals surface area contributed by atoms with E-state index in [1.165, 1.54) is 18.2 Å². The van der Waals surface area contributed by atoms with Crippen LogP contribution < -0.4 is 15.0 Å². The Hall–Kier alpha value is -3.45. The van der Waals surface area contributed by atoms with Crippen molar-refractivity contribution < 1.29 is 18.3 Å². The molecular formula is C28H29F2N3O2. The van der Waals surface area contributed by atoms with Gasteiger partial charge in [-0.25, -0.2) is 8.78 Å². The lowest BCUT2D eigenvalue weighted by atomic mass is 9.83. The van der Waals surface area contributed by atoms with E-state index in [1.54, 1.807) is 37.4 Å². The highest BCUT2D eigenvalue weighted by molar-refractivity contribution is 5.82. The zero-order valence-corrected chi connectivity index (χ0v) is 19.7. The van der Waals surface area contributed by atoms with Crippen molar-refractivity contribution in [3.63, 3.8) is 0 Å². The number of hydrogen-bond acceptors (Lipinski definition) is 4. The summed E-state index contributed by atoms with van der Waals surface area (Å²) in [7, 11) is 1.65. The minimum absolute atomic E-state index is 0.0376. The third-order valence-electron chi connectivity index (χ3n) is 7.08. The van der Waals surface area contributed by atoms with E-state index in [2.05, 4.69) is 15.1 Å². The van der Waals surface area contributed by atoms with Crippen LogP contribution in [0, 0.1) is 17.6 Å². The van der Waals surface area contributed by atoms with Crippen LogP contribution in [0.15, 0.2) is 66.7 Å². The average Bonchev–Trinajstić information content (AvgIpc) is 2.88. The van der Waals surface area contributed by atoms with E-state index in [1.807, 2.05) is 18.2 Å². The summed E-state index contributed by atoms with van der Waals surface area (Å²) in [6.07, 6.45) is 0.605. The Balaban J connectivity index is 1.38. The second-order valence-electron chi connectivity index (χ2n) is 9.24. The summed E-state index contributed by atoms with van der Waals surface area (Å²) in [5, 5.41) is 2.98. The smallest absolute Gasteiger partial charge is 0.225 e. The minimum atomic E-state index is -0.321. The van der Waals surface area contributed by atoms with Crippen LogP contribution in [0.25, 0.3) is 0 Å². The molecule has 3 aromatic rings. The van der Waals surface area contributed by atoms with Crippen molar-refractivity contribution in [2.45, 2.75) is 25.6 Å². The monoisotopic (exact) mass is 477 g/mol. The van der Waals surface area contributed by atoms with Gasteiger partial charge in [-0.05, 0) is 41.8 Å². The van der Waals surface area contributed by atoms with Crippen molar-refractivity contribution in [3.8, 4) is 5.75 Å². The molecule has 0 spiro atoms. The molecule has 7 heteroatoms. The second kappa shape index (κ2) is 10.0. The number of nitrogens with zero attached hydrogens (tertiary/aromatic N) is 2. The molecule has 2 atom stereocenters. The number of ether oxygens (including phenoxy) is 1. The van der Waals surface area contributed by atoms with Crippen molar-refractivity contribution in [2.75, 3.05) is 31.6 Å². The molecule has 1 saturated heterocycles. The molecule has 2 unspecified atom stereocenters. The molecule has 2 heterocycles. The number of piperazine rings is 1. The number of halogens is 2. The van der Waals surface area contributed by atoms with Crippen molar-refractivity contribution >= 4 is 11.6 Å². The lowest BCUT2D eigenvalue weighted by molar-refractivity contribution is -0.126. The molecule has 1 amide bonds. The highest BCUT2D eigenvalue weighted by Gasteiger charge is 2.41. The average molecular weight is 478 g/mol. The number of anilines is 1. The molecular weight excluding hydrogens is 448 g/mol. The Kier molecular flexibility index (Phi) is 6.68. The van der Waals surface area contributed by atoms with Crippen LogP contribution in [0.2, 0.25) is 0 Å². The number of methoxy groups -OCH3 is 1. The maximum absolute atomic E-state index is 14.1. The Morgan fingerprint density at radius 3 is 2.63 bits per heavy atom. The van der Waals surface area contributed by atoms with Gasteiger partial charge in [-0.2, -0.15) is 0 Å². The van der Waals surface area contributed by atoms with Gasteiger partial charge in [-0.3, -0.25) is 9.69 Å². The number of carbonyl (C=O) groups excluding carboxylic acids is 1. The van der Waals surface area contributed by atoms with Crippen molar-refractivity contribution in [1.82, 2.24) is 10.2 Å². The van der Waals surface area contributed by atoms with Gasteiger partial charge in [-0.1, -0.05) is 36.4 Å². The Morgan fingerprint density at radius 2 is 1.86 bits per heavy atom. The maximum atomic E-state index is 14.1. The van der Waals surface area contributed by atoms with Crippen LogP contribution >= 0.6 is 0 Å². The number of amides is 1. The van der Waals surface area contributed by atoms with E-state index in [9.17, 15) is 13.6 Å². The fourth-order valence-corrected chi connectivity index (χ4v) is 5.21. The van der Waals surface area contributed by atoms with Crippen LogP contribution in [0.3, 0.4) is 0 Å². The van der Waals surface area contributed by atoms with Crippen LogP contribution in [-0.2, 0) is 24.3 Å². The van der Waals surface area contributed by atoms with E-state index in [0.29, 0.717) is 25.1 Å². The highest BCUT2D eigenvalue weighted by atomic mass is 19.1. The molecule has 35 heavy (non-hydrogen) atoms. The lowest BCUT2D eigenvalue weighted by Crippen LogP contribution is -2.60. The van der Waals surface area contributed by atoms with Crippen LogP contribution in [0.1, 0.15) is 16.7 Å². The molecule has 5 nitrogen and oxygen atoms in total. The van der Waals surface area contributed by atoms with E-state index in [0.717, 1.165) is 35.7 Å². The van der Waals surface area contributed by atoms with Gasteiger partial charge in [-0.15, -0.1) is 0 Å². The third kappa shape index (κ3) is 5.00. The summed E-state index contributed by atoms with van der Waals surface area (Å²) >= 11 is 0. The van der Waals surface area contributed by atoms with Gasteiger partial charge in [0.25, 0.3) is 0 Å². The first-order valence-electron chi connectivity index (χ1n) is 11.9. The predicted octanol–water partition coefficient (Wildman–Crippen LogP) is 4.15. The first kappa shape index (κ1) is 23.3. The van der Waals surface area contributed by atoms with Gasteiger partial charge in [0.05, 0.1) is 19.1 Å². The molecule has 0 bridgehead atoms. The van der Waals surface area contributed by atoms with Gasteiger partial charge in [0.15, 0.2) is 0 Å². The number of fused-ring (bicyclic) bond motifs is 3. The zero-order chi connectivity index (χ0) is 24.4. The number of rotatable bonds is 6. The van der Waals surface area contributed by atoms with Crippen molar-refractivity contribution in [3.05, 3.63) is 95.1 Å². The minimum Gasteiger partial charge on any atom is -0.497 e. The molecule has 2 aliphatic heterocycles. The van der Waals surface area contributed by atoms with E-state index < -0.39 is 0 Å². The summed E-state index contributed by atoms with van der Waals surface area (Å²) in [6, 6.07) is 19.1. The normalized spacial score (nSPS) is 19.6. The van der Waals surface area contributed by atoms with Gasteiger partial charge < -0.3 is 15.0 Å². The van der Waals surface area contributed by atoms with E-state index >= 15 is 0 Å². The van der Waals surface area contributed by atoms with E-state index in [4.69, 9.17) is 4.74 Å². The second-order valence-corrected chi connectivity index (χ2v) is 9.24. The molecule has 3 aromatic carbocycles. The Labute approximate surface area is 204 Å². The van der Waals surface area contributed by atoms with Gasteiger partial charge >= 0.3 is 0 Å². The molecule has 0 aromatic heterocycles. The lowest BCUT2D eigenvalue weighted by Gasteiger charge is -2.49. The number of hydrogen-bond donors (Lipinski definition) is 1. The fourth-order valence-electron chi connectivity index (χ4n) is 5.21. The van der Waals surface area contributed by atoms with E-state index in [-0.39, 0.29) is 36.0 Å². The zero-order valence-electron chi connectivity index (χ0n) is 19.7. The van der Waals surface area contributed by atoms with Crippen molar-refractivity contribution in [2.24, 2.45) is 5.92 Å². The molecule has 182 valence electrons. The molecule has 0 saturated carbocycles. The molecule has 0 aliphatic carbocycles. The molecule has 1 N–H and O–H groups in total. The Bertz CT molecular complexity index is 1200. The standard InChI is InChI=1S/C28H29F2N3O2/c1-35-23-11-8-20-14-24(28(34)31-16-21-4-2-3-5-25(21)30)27-18-32(12-13-33(27)26(20)15-23)17-19-6-9-22(29)10-7-19/h2-11,15,24,27H,12-14,16-18H2,1H3,(H,31,34). The summed E-state index contributed by atoms with van der Waals surface area (Å²) in [4.78, 5) is 18.1. The maximum Gasteiger partial charge on any atom is 0.225 e. The number of benzene rings is 3. The number of nitrogens with one attached hydrogen (secondary N) is 1. The first-order valence-corrected chi connectivity index (χ1v) is 11.9. The number of carbonyl (C=O) groups is 1. The van der Waals surface area contributed by atoms with Crippen LogP contribution in [-0.4, -0.2) is 43.6 Å². The Morgan fingerprint density at radius 1 is 1.06 bits per heavy atom.